The molecule has 158 valence electrons. The van der Waals surface area contributed by atoms with E-state index in [-0.39, 0.29) is 18.0 Å². The van der Waals surface area contributed by atoms with Gasteiger partial charge >= 0.3 is 0 Å². The lowest BCUT2D eigenvalue weighted by Gasteiger charge is -2.27. The number of amides is 2. The van der Waals surface area contributed by atoms with Crippen LogP contribution < -0.4 is 10.6 Å². The minimum Gasteiger partial charge on any atom is -0.361 e. The number of fused-ring (bicyclic) bond motifs is 1. The lowest BCUT2D eigenvalue weighted by Crippen LogP contribution is -2.33. The van der Waals surface area contributed by atoms with E-state index in [1.165, 1.54) is 0 Å². The monoisotopic (exact) mass is 413 g/mol. The van der Waals surface area contributed by atoms with Gasteiger partial charge in [0.15, 0.2) is 0 Å². The third-order valence-corrected chi connectivity index (χ3v) is 5.56. The van der Waals surface area contributed by atoms with E-state index < -0.39 is 0 Å². The standard InChI is InChI=1S/C26H27N3O2/c1-2-3-17-29-24(22-11-7-8-12-23(22)26(29)31)28-21-15-13-20(14-16-21)25(30)27-18-19-9-5-4-6-10-19/h4-16,24,28H,2-3,17-18H2,1H3,(H,27,30). The fraction of sp³-hybridized carbons (Fsp3) is 0.231. The SMILES string of the molecule is CCCCN1C(=O)c2ccccc2C1Nc1ccc(C(=O)NCc2ccccc2)cc1. The Bertz CT molecular complexity index is 1050. The number of anilines is 1. The van der Waals surface area contributed by atoms with E-state index in [0.717, 1.165) is 35.2 Å². The number of carbonyl (C=O) groups is 2. The minimum atomic E-state index is -0.201. The van der Waals surface area contributed by atoms with Crippen LogP contribution in [0.1, 0.15) is 57.8 Å². The van der Waals surface area contributed by atoms with E-state index in [2.05, 4.69) is 17.6 Å². The van der Waals surface area contributed by atoms with Gasteiger partial charge in [0, 0.05) is 35.5 Å². The van der Waals surface area contributed by atoms with Gasteiger partial charge in [-0.3, -0.25) is 9.59 Å². The van der Waals surface area contributed by atoms with Crippen molar-refractivity contribution in [3.63, 3.8) is 0 Å². The molecule has 0 fully saturated rings. The Hall–Kier alpha value is -3.60. The predicted octanol–water partition coefficient (Wildman–Crippen LogP) is 4.98. The third kappa shape index (κ3) is 4.61. The molecule has 0 aliphatic carbocycles. The first-order chi connectivity index (χ1) is 15.2. The maximum Gasteiger partial charge on any atom is 0.256 e. The molecule has 0 aromatic heterocycles. The number of nitrogens with zero attached hydrogens (tertiary/aromatic N) is 1. The second-order valence-corrected chi connectivity index (χ2v) is 7.73. The van der Waals surface area contributed by atoms with Crippen LogP contribution in [0.15, 0.2) is 78.9 Å². The summed E-state index contributed by atoms with van der Waals surface area (Å²) in [7, 11) is 0. The molecule has 2 amide bonds. The summed E-state index contributed by atoms with van der Waals surface area (Å²) >= 11 is 0. The van der Waals surface area contributed by atoms with E-state index in [9.17, 15) is 9.59 Å². The summed E-state index contributed by atoms with van der Waals surface area (Å²) in [4.78, 5) is 27.2. The van der Waals surface area contributed by atoms with Crippen LogP contribution in [0.2, 0.25) is 0 Å². The van der Waals surface area contributed by atoms with Crippen molar-refractivity contribution >= 4 is 17.5 Å². The van der Waals surface area contributed by atoms with Crippen molar-refractivity contribution in [1.82, 2.24) is 10.2 Å². The molecule has 0 bridgehead atoms. The highest BCUT2D eigenvalue weighted by Crippen LogP contribution is 2.34. The Labute approximate surface area is 183 Å². The topological polar surface area (TPSA) is 61.4 Å². The zero-order valence-corrected chi connectivity index (χ0v) is 17.7. The van der Waals surface area contributed by atoms with Crippen LogP contribution in [0.4, 0.5) is 5.69 Å². The molecule has 5 nitrogen and oxygen atoms in total. The van der Waals surface area contributed by atoms with Crippen LogP contribution in [-0.2, 0) is 6.54 Å². The van der Waals surface area contributed by atoms with Crippen LogP contribution in [0.3, 0.4) is 0 Å². The van der Waals surface area contributed by atoms with Crippen LogP contribution in [-0.4, -0.2) is 23.3 Å². The van der Waals surface area contributed by atoms with Gasteiger partial charge in [0.2, 0.25) is 0 Å². The average Bonchev–Trinajstić information content (AvgIpc) is 3.08. The van der Waals surface area contributed by atoms with Gasteiger partial charge in [-0.05, 0) is 42.3 Å². The number of unbranched alkanes of at least 4 members (excludes halogenated alkanes) is 1. The summed E-state index contributed by atoms with van der Waals surface area (Å²) in [6.45, 7) is 3.33. The zero-order valence-electron chi connectivity index (χ0n) is 17.7. The van der Waals surface area contributed by atoms with E-state index in [1.54, 1.807) is 0 Å². The van der Waals surface area contributed by atoms with E-state index >= 15 is 0 Å². The molecule has 0 spiro atoms. The molecule has 2 N–H and O–H groups in total. The second-order valence-electron chi connectivity index (χ2n) is 7.73. The van der Waals surface area contributed by atoms with Gasteiger partial charge in [-0.15, -0.1) is 0 Å². The Morgan fingerprint density at radius 2 is 1.65 bits per heavy atom. The van der Waals surface area contributed by atoms with Gasteiger partial charge in [0.1, 0.15) is 6.17 Å². The van der Waals surface area contributed by atoms with Crippen molar-refractivity contribution in [1.29, 1.82) is 0 Å². The summed E-state index contributed by atoms with van der Waals surface area (Å²) in [6.07, 6.45) is 1.78. The molecular weight excluding hydrogens is 386 g/mol. The van der Waals surface area contributed by atoms with Crippen LogP contribution in [0.25, 0.3) is 0 Å². The Kier molecular flexibility index (Phi) is 6.32. The van der Waals surface area contributed by atoms with Gasteiger partial charge in [0.05, 0.1) is 0 Å². The highest BCUT2D eigenvalue weighted by atomic mass is 16.2. The van der Waals surface area contributed by atoms with Crippen LogP contribution in [0, 0.1) is 0 Å². The summed E-state index contributed by atoms with van der Waals surface area (Å²) in [5, 5.41) is 6.43. The summed E-state index contributed by atoms with van der Waals surface area (Å²) in [5.74, 6) is -0.0418. The first kappa shape index (κ1) is 20.7. The number of hydrogen-bond acceptors (Lipinski definition) is 3. The summed E-state index contributed by atoms with van der Waals surface area (Å²) in [5.41, 5.74) is 4.29. The van der Waals surface area contributed by atoms with Crippen molar-refractivity contribution in [3.8, 4) is 0 Å². The predicted molar refractivity (Wildman–Crippen MR) is 123 cm³/mol. The van der Waals surface area contributed by atoms with Gasteiger partial charge < -0.3 is 15.5 Å². The zero-order chi connectivity index (χ0) is 21.6. The number of nitrogens with one attached hydrogen (secondary N) is 2. The fourth-order valence-corrected chi connectivity index (χ4v) is 3.84. The van der Waals surface area contributed by atoms with Crippen molar-refractivity contribution in [2.75, 3.05) is 11.9 Å². The number of carbonyl (C=O) groups excluding carboxylic acids is 2. The molecule has 1 heterocycles. The minimum absolute atomic E-state index is 0.0680. The normalized spacial score (nSPS) is 14.9. The molecule has 5 heteroatoms. The van der Waals surface area contributed by atoms with Gasteiger partial charge in [-0.2, -0.15) is 0 Å². The molecule has 3 aromatic carbocycles. The summed E-state index contributed by atoms with van der Waals surface area (Å²) < 4.78 is 0. The lowest BCUT2D eigenvalue weighted by atomic mass is 10.1. The van der Waals surface area contributed by atoms with Gasteiger partial charge in [-0.1, -0.05) is 61.9 Å². The quantitative estimate of drug-likeness (QED) is 0.547. The number of rotatable bonds is 8. The Balaban J connectivity index is 1.45. The lowest BCUT2D eigenvalue weighted by molar-refractivity contribution is 0.0740. The smallest absolute Gasteiger partial charge is 0.256 e. The molecule has 4 rings (SSSR count). The maximum absolute atomic E-state index is 12.9. The van der Waals surface area contributed by atoms with Gasteiger partial charge in [0.25, 0.3) is 11.8 Å². The van der Waals surface area contributed by atoms with E-state index in [1.807, 2.05) is 83.8 Å². The second kappa shape index (κ2) is 9.47. The van der Waals surface area contributed by atoms with Crippen LogP contribution >= 0.6 is 0 Å². The van der Waals surface area contributed by atoms with Crippen molar-refractivity contribution in [2.24, 2.45) is 0 Å². The molecule has 0 radical (unpaired) electrons. The highest BCUT2D eigenvalue weighted by molar-refractivity contribution is 5.99. The molecule has 0 saturated carbocycles. The fourth-order valence-electron chi connectivity index (χ4n) is 3.84. The molecule has 1 aliphatic rings. The number of benzene rings is 3. The molecule has 1 aliphatic heterocycles. The molecular formula is C26H27N3O2. The van der Waals surface area contributed by atoms with Crippen molar-refractivity contribution in [3.05, 3.63) is 101 Å². The average molecular weight is 414 g/mol. The van der Waals surface area contributed by atoms with Gasteiger partial charge in [-0.25, -0.2) is 0 Å². The highest BCUT2D eigenvalue weighted by Gasteiger charge is 2.35. The molecule has 31 heavy (non-hydrogen) atoms. The molecule has 1 unspecified atom stereocenters. The van der Waals surface area contributed by atoms with Crippen molar-refractivity contribution in [2.45, 2.75) is 32.5 Å². The largest absolute Gasteiger partial charge is 0.361 e. The number of hydrogen-bond donors (Lipinski definition) is 2. The molecule has 0 saturated heterocycles. The van der Waals surface area contributed by atoms with E-state index in [4.69, 9.17) is 0 Å². The Morgan fingerprint density at radius 1 is 0.935 bits per heavy atom. The first-order valence-corrected chi connectivity index (χ1v) is 10.8. The van der Waals surface area contributed by atoms with Crippen LogP contribution in [0.5, 0.6) is 0 Å². The van der Waals surface area contributed by atoms with E-state index in [0.29, 0.717) is 18.7 Å². The first-order valence-electron chi connectivity index (χ1n) is 10.8. The molecule has 1 atom stereocenters. The Morgan fingerprint density at radius 3 is 2.39 bits per heavy atom. The maximum atomic E-state index is 12.9. The third-order valence-electron chi connectivity index (χ3n) is 5.56. The summed E-state index contributed by atoms with van der Waals surface area (Å²) in [6, 6.07) is 25.0. The molecule has 3 aromatic rings. The van der Waals surface area contributed by atoms with Crippen molar-refractivity contribution < 1.29 is 9.59 Å².